The summed E-state index contributed by atoms with van der Waals surface area (Å²) in [4.78, 5) is 0. The number of hydrogen-bond acceptors (Lipinski definition) is 2. The van der Waals surface area contributed by atoms with Crippen LogP contribution in [0.3, 0.4) is 0 Å². The Bertz CT molecular complexity index is 189. The summed E-state index contributed by atoms with van der Waals surface area (Å²) in [6.07, 6.45) is 0. The van der Waals surface area contributed by atoms with Crippen molar-refractivity contribution in [3.05, 3.63) is 0 Å². The van der Waals surface area contributed by atoms with Crippen molar-refractivity contribution in [2.24, 2.45) is 10.1 Å². The Hall–Kier alpha value is -0.510. The lowest BCUT2D eigenvalue weighted by Gasteiger charge is -1.95. The van der Waals surface area contributed by atoms with E-state index in [1.807, 2.05) is 0 Å². The Balaban J connectivity index is 3.95. The van der Waals surface area contributed by atoms with Gasteiger partial charge in [-0.3, -0.25) is 13.8 Å². The zero-order valence-corrected chi connectivity index (χ0v) is 6.18. The molecular weight excluding hydrogens is 182 g/mol. The molecule has 0 aromatic rings. The van der Waals surface area contributed by atoms with Crippen molar-refractivity contribution < 1.29 is 17.5 Å². The van der Waals surface area contributed by atoms with Gasteiger partial charge in [0.25, 0.3) is 22.5 Å². The van der Waals surface area contributed by atoms with Crippen LogP contribution < -0.4 is 10.5 Å². The highest BCUT2D eigenvalue weighted by Crippen LogP contribution is 1.73. The second-order valence-electron chi connectivity index (χ2n) is 1.06. The first-order valence-electron chi connectivity index (χ1n) is 1.85. The van der Waals surface area contributed by atoms with E-state index in [-0.39, 0.29) is 0 Å². The Kier molecular flexibility index (Phi) is 4.11. The van der Waals surface area contributed by atoms with Crippen LogP contribution in [-0.4, -0.2) is 23.5 Å². The molecule has 60 valence electrons. The summed E-state index contributed by atoms with van der Waals surface area (Å²) >= 11 is -4.82. The van der Waals surface area contributed by atoms with Gasteiger partial charge in [-0.2, -0.15) is 0 Å². The molecule has 0 bridgehead atoms. The van der Waals surface area contributed by atoms with Crippen molar-refractivity contribution in [2.75, 3.05) is 0 Å². The van der Waals surface area contributed by atoms with Gasteiger partial charge >= 0.3 is 0 Å². The monoisotopic (exact) mass is 187 g/mol. The molecule has 0 heterocycles. The second kappa shape index (κ2) is 4.33. The molecule has 0 radical (unpaired) electrons. The predicted molar refractivity (Wildman–Crippen MR) is 36.3 cm³/mol. The number of nitrogens with two attached hydrogens (primary N) is 1. The van der Waals surface area contributed by atoms with Crippen LogP contribution in [0.15, 0.2) is 4.40 Å². The van der Waals surface area contributed by atoms with Gasteiger partial charge in [-0.15, -0.1) is 4.40 Å². The first-order valence-corrected chi connectivity index (χ1v) is 4.02. The largest absolute Gasteiger partial charge is 0.368 e. The first-order chi connectivity index (χ1) is 4.52. The van der Waals surface area contributed by atoms with E-state index < -0.39 is 28.5 Å². The molecule has 0 aromatic carbocycles. The van der Waals surface area contributed by atoms with E-state index in [4.69, 9.17) is 14.8 Å². The van der Waals surface area contributed by atoms with Crippen molar-refractivity contribution in [2.45, 2.75) is 0 Å². The Morgan fingerprint density at radius 3 is 2.30 bits per heavy atom. The van der Waals surface area contributed by atoms with E-state index in [1.165, 1.54) is 0 Å². The SMILES string of the molecule is NC(=NS(=O)O)NS(=O)O. The van der Waals surface area contributed by atoms with E-state index in [2.05, 4.69) is 4.40 Å². The molecule has 2 atom stereocenters. The highest BCUT2D eigenvalue weighted by molar-refractivity contribution is 7.79. The van der Waals surface area contributed by atoms with Gasteiger partial charge in [0.15, 0.2) is 0 Å². The molecular formula is CH5N3O4S2. The molecule has 0 aliphatic carbocycles. The van der Waals surface area contributed by atoms with Gasteiger partial charge in [-0.05, 0) is 0 Å². The molecule has 0 rings (SSSR count). The maximum Gasteiger partial charge on any atom is 0.285 e. The number of hydrogen-bond donors (Lipinski definition) is 4. The van der Waals surface area contributed by atoms with E-state index in [9.17, 15) is 8.42 Å². The summed E-state index contributed by atoms with van der Waals surface area (Å²) in [5.74, 6) is -0.568. The fourth-order valence-corrected chi connectivity index (χ4v) is 0.688. The maximum atomic E-state index is 9.85. The van der Waals surface area contributed by atoms with Crippen LogP contribution >= 0.6 is 0 Å². The highest BCUT2D eigenvalue weighted by Gasteiger charge is 1.95. The smallest absolute Gasteiger partial charge is 0.285 e. The van der Waals surface area contributed by atoms with Crippen LogP contribution in [0.5, 0.6) is 0 Å². The summed E-state index contributed by atoms with van der Waals surface area (Å²) in [5, 5.41) is 0. The molecule has 5 N–H and O–H groups in total. The Morgan fingerprint density at radius 1 is 1.50 bits per heavy atom. The molecule has 2 unspecified atom stereocenters. The number of nitrogens with zero attached hydrogens (tertiary/aromatic N) is 1. The standard InChI is InChI=1S/CH5N3O4S2/c2-1(3-9(5)6)4-10(7)8/h(H,5,6)(H,7,8)(H3,2,3,4). The molecule has 0 saturated heterocycles. The fraction of sp³-hybridized carbons (Fsp3) is 0. The zero-order chi connectivity index (χ0) is 8.15. The van der Waals surface area contributed by atoms with Crippen molar-refractivity contribution in [1.82, 2.24) is 4.72 Å². The molecule has 0 aliphatic heterocycles. The summed E-state index contributed by atoms with van der Waals surface area (Å²) < 4.78 is 40.2. The van der Waals surface area contributed by atoms with Crippen molar-refractivity contribution in [3.63, 3.8) is 0 Å². The first kappa shape index (κ1) is 9.49. The normalized spacial score (nSPS) is 18.0. The third kappa shape index (κ3) is 5.62. The lowest BCUT2D eigenvalue weighted by Crippen LogP contribution is -2.32. The van der Waals surface area contributed by atoms with E-state index >= 15 is 0 Å². The average Bonchev–Trinajstić information content (AvgIpc) is 1.58. The quantitative estimate of drug-likeness (QED) is 0.230. The van der Waals surface area contributed by atoms with Gasteiger partial charge in [0.05, 0.1) is 0 Å². The van der Waals surface area contributed by atoms with Gasteiger partial charge in [0.2, 0.25) is 5.96 Å². The molecule has 9 heteroatoms. The number of guanidine groups is 1. The molecule has 0 aromatic heterocycles. The van der Waals surface area contributed by atoms with Gasteiger partial charge in [0.1, 0.15) is 0 Å². The Morgan fingerprint density at radius 2 is 2.00 bits per heavy atom. The lowest BCUT2D eigenvalue weighted by atomic mass is 11.1. The molecule has 0 spiro atoms. The van der Waals surface area contributed by atoms with Crippen molar-refractivity contribution in [1.29, 1.82) is 0 Å². The van der Waals surface area contributed by atoms with Gasteiger partial charge in [-0.25, -0.2) is 8.42 Å². The number of nitrogens with one attached hydrogen (secondary N) is 1. The van der Waals surface area contributed by atoms with E-state index in [1.54, 1.807) is 4.72 Å². The second-order valence-corrected chi connectivity index (χ2v) is 2.40. The lowest BCUT2D eigenvalue weighted by molar-refractivity contribution is 0.560. The third-order valence-corrected chi connectivity index (χ3v) is 1.10. The molecule has 0 saturated carbocycles. The predicted octanol–water partition coefficient (Wildman–Crippen LogP) is -1.84. The maximum absolute atomic E-state index is 9.85. The minimum atomic E-state index is -2.46. The minimum Gasteiger partial charge on any atom is -0.368 e. The van der Waals surface area contributed by atoms with Crippen LogP contribution in [0.1, 0.15) is 0 Å². The van der Waals surface area contributed by atoms with Crippen LogP contribution in [0.25, 0.3) is 0 Å². The van der Waals surface area contributed by atoms with E-state index in [0.29, 0.717) is 0 Å². The minimum absolute atomic E-state index is 0.568. The summed E-state index contributed by atoms with van der Waals surface area (Å²) in [7, 11) is 0. The molecule has 7 nitrogen and oxygen atoms in total. The summed E-state index contributed by atoms with van der Waals surface area (Å²) in [5.41, 5.74) is 4.81. The van der Waals surface area contributed by atoms with Crippen LogP contribution in [0, 0.1) is 0 Å². The zero-order valence-electron chi connectivity index (χ0n) is 4.55. The third-order valence-electron chi connectivity index (χ3n) is 0.368. The molecule has 0 amide bonds. The van der Waals surface area contributed by atoms with Gasteiger partial charge in [0, 0.05) is 0 Å². The topological polar surface area (TPSA) is 125 Å². The average molecular weight is 187 g/mol. The molecule has 10 heavy (non-hydrogen) atoms. The van der Waals surface area contributed by atoms with Crippen molar-refractivity contribution >= 4 is 28.5 Å². The Labute approximate surface area is 61.6 Å². The molecule has 0 aliphatic rings. The summed E-state index contributed by atoms with van der Waals surface area (Å²) in [6.45, 7) is 0. The van der Waals surface area contributed by atoms with Gasteiger partial charge < -0.3 is 5.73 Å². The molecule has 0 fully saturated rings. The van der Waals surface area contributed by atoms with Gasteiger partial charge in [-0.1, -0.05) is 0 Å². The van der Waals surface area contributed by atoms with E-state index in [0.717, 1.165) is 0 Å². The number of rotatable bonds is 2. The van der Waals surface area contributed by atoms with Crippen molar-refractivity contribution in [3.8, 4) is 0 Å². The summed E-state index contributed by atoms with van der Waals surface area (Å²) in [6, 6.07) is 0. The van der Waals surface area contributed by atoms with Crippen LogP contribution in [0.4, 0.5) is 0 Å². The highest BCUT2D eigenvalue weighted by atomic mass is 32.2. The van der Waals surface area contributed by atoms with Crippen LogP contribution in [0.2, 0.25) is 0 Å². The van der Waals surface area contributed by atoms with Crippen LogP contribution in [-0.2, 0) is 22.5 Å². The fourth-order valence-electron chi connectivity index (χ4n) is 0.192.